The van der Waals surface area contributed by atoms with Crippen molar-refractivity contribution in [2.45, 2.75) is 0 Å². The van der Waals surface area contributed by atoms with Crippen LogP contribution >= 0.6 is 0 Å². The molecule has 17 heavy (non-hydrogen) atoms. The summed E-state index contributed by atoms with van der Waals surface area (Å²) in [6.07, 6.45) is -2.37. The van der Waals surface area contributed by atoms with Crippen molar-refractivity contribution in [1.82, 2.24) is 15.0 Å². The molecule has 0 atom stereocenters. The smallest absolute Gasteiger partial charge is 0.315 e. The molecule has 1 aromatic carbocycles. The Morgan fingerprint density at radius 2 is 1.71 bits per heavy atom. The Balaban J connectivity index is 2.31. The number of anilines is 2. The number of hydrogen-bond donors (Lipinski definition) is 1. The van der Waals surface area contributed by atoms with Gasteiger partial charge in [0.2, 0.25) is 5.95 Å². The van der Waals surface area contributed by atoms with Crippen molar-refractivity contribution in [2.24, 2.45) is 0 Å². The highest BCUT2D eigenvalue weighted by Gasteiger charge is 2.07. The second kappa shape index (κ2) is 4.69. The van der Waals surface area contributed by atoms with Gasteiger partial charge in [-0.15, -0.1) is 0 Å². The number of methoxy groups -OCH3 is 1. The molecule has 0 unspecified atom stereocenters. The molecule has 1 aromatic heterocycles. The Morgan fingerprint density at radius 3 is 2.35 bits per heavy atom. The van der Waals surface area contributed by atoms with Gasteiger partial charge >= 0.3 is 12.2 Å². The summed E-state index contributed by atoms with van der Waals surface area (Å²) in [6.45, 7) is 0. The predicted molar refractivity (Wildman–Crippen MR) is 56.0 cm³/mol. The number of aromatic nitrogens is 3. The van der Waals surface area contributed by atoms with Gasteiger partial charge < -0.3 is 10.1 Å². The van der Waals surface area contributed by atoms with E-state index >= 15 is 0 Å². The van der Waals surface area contributed by atoms with Crippen LogP contribution in [0.2, 0.25) is 0 Å². The normalized spacial score (nSPS) is 10.1. The minimum Gasteiger partial charge on any atom is -0.495 e. The van der Waals surface area contributed by atoms with E-state index in [1.54, 1.807) is 24.3 Å². The standard InChI is InChI=1S/C10H8F2N4O/c1-17-7-5-3-2-4-6(7)13-10-15-8(11)14-9(12)16-10/h2-5H,1H3,(H,13,14,15,16). The van der Waals surface area contributed by atoms with E-state index in [0.29, 0.717) is 11.4 Å². The van der Waals surface area contributed by atoms with E-state index < -0.39 is 12.2 Å². The molecule has 0 bridgehead atoms. The van der Waals surface area contributed by atoms with Gasteiger partial charge in [-0.25, -0.2) is 0 Å². The van der Waals surface area contributed by atoms with E-state index in [0.717, 1.165) is 0 Å². The van der Waals surface area contributed by atoms with Crippen LogP contribution in [0.15, 0.2) is 24.3 Å². The molecule has 0 aliphatic carbocycles. The highest BCUT2D eigenvalue weighted by atomic mass is 19.1. The van der Waals surface area contributed by atoms with Gasteiger partial charge in [0.15, 0.2) is 0 Å². The molecular formula is C10H8F2N4O. The van der Waals surface area contributed by atoms with Gasteiger partial charge in [-0.2, -0.15) is 23.7 Å². The number of rotatable bonds is 3. The number of nitrogens with one attached hydrogen (secondary N) is 1. The maximum atomic E-state index is 12.7. The first-order valence-corrected chi connectivity index (χ1v) is 4.66. The van der Waals surface area contributed by atoms with E-state index in [1.807, 2.05) is 0 Å². The van der Waals surface area contributed by atoms with Crippen molar-refractivity contribution in [1.29, 1.82) is 0 Å². The summed E-state index contributed by atoms with van der Waals surface area (Å²) in [5.41, 5.74) is 0.500. The second-order valence-electron chi connectivity index (χ2n) is 3.02. The molecule has 0 fully saturated rings. The lowest BCUT2D eigenvalue weighted by atomic mass is 10.3. The maximum absolute atomic E-state index is 12.7. The third-order valence-corrected chi connectivity index (χ3v) is 1.93. The van der Waals surface area contributed by atoms with Crippen LogP contribution < -0.4 is 10.1 Å². The highest BCUT2D eigenvalue weighted by Crippen LogP contribution is 2.25. The molecule has 1 heterocycles. The molecular weight excluding hydrogens is 230 g/mol. The lowest BCUT2D eigenvalue weighted by Gasteiger charge is -2.08. The Hall–Kier alpha value is -2.31. The van der Waals surface area contributed by atoms with Crippen LogP contribution in [0.3, 0.4) is 0 Å². The lowest BCUT2D eigenvalue weighted by molar-refractivity contribution is 0.416. The number of benzene rings is 1. The van der Waals surface area contributed by atoms with Crippen molar-refractivity contribution in [3.05, 3.63) is 36.4 Å². The van der Waals surface area contributed by atoms with Gasteiger partial charge in [-0.3, -0.25) is 0 Å². The molecule has 0 saturated heterocycles. The summed E-state index contributed by atoms with van der Waals surface area (Å²) in [6, 6.07) is 6.85. The van der Waals surface area contributed by atoms with Gasteiger partial charge in [0.05, 0.1) is 12.8 Å². The van der Waals surface area contributed by atoms with E-state index in [-0.39, 0.29) is 5.95 Å². The fourth-order valence-corrected chi connectivity index (χ4v) is 1.25. The first-order chi connectivity index (χ1) is 8.19. The van der Waals surface area contributed by atoms with Crippen LogP contribution in [-0.4, -0.2) is 22.1 Å². The van der Waals surface area contributed by atoms with E-state index in [9.17, 15) is 8.78 Å². The summed E-state index contributed by atoms with van der Waals surface area (Å²) in [4.78, 5) is 9.41. The average Bonchev–Trinajstić information content (AvgIpc) is 2.28. The summed E-state index contributed by atoms with van der Waals surface area (Å²) < 4.78 is 30.5. The first-order valence-electron chi connectivity index (χ1n) is 4.66. The SMILES string of the molecule is COc1ccccc1Nc1nc(F)nc(F)n1. The molecule has 5 nitrogen and oxygen atoms in total. The van der Waals surface area contributed by atoms with Gasteiger partial charge in [0.25, 0.3) is 0 Å². The quantitative estimate of drug-likeness (QED) is 0.884. The molecule has 0 amide bonds. The molecule has 0 saturated carbocycles. The van der Waals surface area contributed by atoms with Gasteiger partial charge in [0.1, 0.15) is 5.75 Å². The maximum Gasteiger partial charge on any atom is 0.315 e. The topological polar surface area (TPSA) is 59.9 Å². The molecule has 88 valence electrons. The Morgan fingerprint density at radius 1 is 1.06 bits per heavy atom. The van der Waals surface area contributed by atoms with E-state index in [1.165, 1.54) is 7.11 Å². The van der Waals surface area contributed by atoms with Gasteiger partial charge in [-0.05, 0) is 12.1 Å². The Bertz CT molecular complexity index is 515. The van der Waals surface area contributed by atoms with Crippen LogP contribution in [0.25, 0.3) is 0 Å². The van der Waals surface area contributed by atoms with Crippen LogP contribution in [-0.2, 0) is 0 Å². The molecule has 0 aliphatic heterocycles. The fraction of sp³-hybridized carbons (Fsp3) is 0.100. The zero-order valence-electron chi connectivity index (χ0n) is 8.82. The molecule has 0 aliphatic rings. The largest absolute Gasteiger partial charge is 0.495 e. The number of ether oxygens (including phenoxy) is 1. The monoisotopic (exact) mass is 238 g/mol. The van der Waals surface area contributed by atoms with Crippen LogP contribution in [0.5, 0.6) is 5.75 Å². The Labute approximate surface area is 95.5 Å². The number of para-hydroxylation sites is 2. The number of nitrogens with zero attached hydrogens (tertiary/aromatic N) is 3. The van der Waals surface area contributed by atoms with Crippen molar-refractivity contribution >= 4 is 11.6 Å². The Kier molecular flexibility index (Phi) is 3.08. The second-order valence-corrected chi connectivity index (χ2v) is 3.02. The predicted octanol–water partition coefficient (Wildman–Crippen LogP) is 1.90. The van der Waals surface area contributed by atoms with Crippen molar-refractivity contribution in [3.8, 4) is 5.75 Å². The van der Waals surface area contributed by atoms with Crippen molar-refractivity contribution in [2.75, 3.05) is 12.4 Å². The van der Waals surface area contributed by atoms with E-state index in [4.69, 9.17) is 4.74 Å². The summed E-state index contributed by atoms with van der Waals surface area (Å²) in [5.74, 6) is 0.285. The first kappa shape index (κ1) is 11.2. The number of hydrogen-bond acceptors (Lipinski definition) is 5. The van der Waals surface area contributed by atoms with Gasteiger partial charge in [0, 0.05) is 0 Å². The third-order valence-electron chi connectivity index (χ3n) is 1.93. The molecule has 0 radical (unpaired) electrons. The van der Waals surface area contributed by atoms with Crippen LogP contribution in [0.1, 0.15) is 0 Å². The summed E-state index contributed by atoms with van der Waals surface area (Å²) in [5, 5.41) is 2.64. The zero-order chi connectivity index (χ0) is 12.3. The molecule has 0 spiro atoms. The van der Waals surface area contributed by atoms with Crippen molar-refractivity contribution in [3.63, 3.8) is 0 Å². The summed E-state index contributed by atoms with van der Waals surface area (Å²) in [7, 11) is 1.48. The van der Waals surface area contributed by atoms with E-state index in [2.05, 4.69) is 20.3 Å². The van der Waals surface area contributed by atoms with Gasteiger partial charge in [-0.1, -0.05) is 12.1 Å². The summed E-state index contributed by atoms with van der Waals surface area (Å²) >= 11 is 0. The molecule has 7 heteroatoms. The number of halogens is 2. The average molecular weight is 238 g/mol. The zero-order valence-corrected chi connectivity index (χ0v) is 8.82. The third kappa shape index (κ3) is 2.63. The lowest BCUT2D eigenvalue weighted by Crippen LogP contribution is -2.04. The fourth-order valence-electron chi connectivity index (χ4n) is 1.25. The molecule has 2 aromatic rings. The molecule has 1 N–H and O–H groups in total. The van der Waals surface area contributed by atoms with Crippen LogP contribution in [0.4, 0.5) is 20.4 Å². The minimum absolute atomic E-state index is 0.223. The highest BCUT2D eigenvalue weighted by molar-refractivity contribution is 5.61. The van der Waals surface area contributed by atoms with Crippen molar-refractivity contribution < 1.29 is 13.5 Å². The minimum atomic E-state index is -1.19. The van der Waals surface area contributed by atoms with Crippen LogP contribution in [0, 0.1) is 12.2 Å². The molecule has 2 rings (SSSR count).